The molecule has 0 unspecified atom stereocenters. The SMILES string of the molecule is COc1ccc(C(=O)OC/C(O)=C(\C#N)c2nc3ccccc3n2C)cc1F. The number of nitrogens with zero attached hydrogens (tertiary/aromatic N) is 3. The minimum Gasteiger partial charge on any atom is -0.507 e. The molecule has 0 bridgehead atoms. The van der Waals surface area contributed by atoms with Gasteiger partial charge in [0.05, 0.1) is 23.7 Å². The van der Waals surface area contributed by atoms with E-state index in [2.05, 4.69) is 4.98 Å². The van der Waals surface area contributed by atoms with Crippen molar-refractivity contribution in [3.63, 3.8) is 0 Å². The molecule has 0 saturated heterocycles. The molecule has 0 spiro atoms. The molecule has 0 radical (unpaired) electrons. The van der Waals surface area contributed by atoms with Crippen molar-refractivity contribution in [1.82, 2.24) is 9.55 Å². The van der Waals surface area contributed by atoms with Crippen LogP contribution in [0.15, 0.2) is 48.2 Å². The first-order valence-corrected chi connectivity index (χ1v) is 8.21. The lowest BCUT2D eigenvalue weighted by molar-refractivity contribution is 0.0502. The lowest BCUT2D eigenvalue weighted by atomic mass is 10.2. The Kier molecular flexibility index (Phi) is 5.27. The normalized spacial score (nSPS) is 11.6. The zero-order valence-electron chi connectivity index (χ0n) is 15.1. The number of carbonyl (C=O) groups is 1. The third kappa shape index (κ3) is 3.50. The summed E-state index contributed by atoms with van der Waals surface area (Å²) in [6.45, 7) is -0.557. The maximum Gasteiger partial charge on any atom is 0.338 e. The highest BCUT2D eigenvalue weighted by atomic mass is 19.1. The van der Waals surface area contributed by atoms with Crippen LogP contribution in [0, 0.1) is 17.1 Å². The highest BCUT2D eigenvalue weighted by molar-refractivity contribution is 5.90. The summed E-state index contributed by atoms with van der Waals surface area (Å²) in [6, 6.07) is 12.7. The number of aliphatic hydroxyl groups excluding tert-OH is 1. The van der Waals surface area contributed by atoms with Crippen molar-refractivity contribution in [3.05, 3.63) is 65.4 Å². The molecule has 3 rings (SSSR count). The maximum atomic E-state index is 13.7. The second kappa shape index (κ2) is 7.80. The summed E-state index contributed by atoms with van der Waals surface area (Å²) in [4.78, 5) is 16.4. The molecule has 1 aromatic heterocycles. The van der Waals surface area contributed by atoms with E-state index in [1.54, 1.807) is 17.7 Å². The lowest BCUT2D eigenvalue weighted by Crippen LogP contribution is -2.10. The van der Waals surface area contributed by atoms with Gasteiger partial charge in [-0.2, -0.15) is 5.26 Å². The van der Waals surface area contributed by atoms with Crippen molar-refractivity contribution < 1.29 is 23.8 Å². The molecule has 7 nitrogen and oxygen atoms in total. The number of carbonyl (C=O) groups excluding carboxylic acids is 1. The van der Waals surface area contributed by atoms with Crippen LogP contribution in [0.2, 0.25) is 0 Å². The van der Waals surface area contributed by atoms with E-state index in [9.17, 15) is 19.6 Å². The molecule has 28 heavy (non-hydrogen) atoms. The van der Waals surface area contributed by atoms with E-state index in [0.29, 0.717) is 5.52 Å². The highest BCUT2D eigenvalue weighted by Crippen LogP contribution is 2.22. The predicted molar refractivity (Wildman–Crippen MR) is 99.1 cm³/mol. The molecule has 2 aromatic carbocycles. The van der Waals surface area contributed by atoms with E-state index in [0.717, 1.165) is 11.6 Å². The van der Waals surface area contributed by atoms with Gasteiger partial charge in [-0.15, -0.1) is 0 Å². The monoisotopic (exact) mass is 381 g/mol. The second-order valence-electron chi connectivity index (χ2n) is 5.84. The van der Waals surface area contributed by atoms with Crippen LogP contribution in [0.3, 0.4) is 0 Å². The number of benzene rings is 2. The smallest absolute Gasteiger partial charge is 0.338 e. The summed E-state index contributed by atoms with van der Waals surface area (Å²) in [6.07, 6.45) is 0. The fourth-order valence-electron chi connectivity index (χ4n) is 2.70. The van der Waals surface area contributed by atoms with Crippen molar-refractivity contribution in [2.45, 2.75) is 0 Å². The Labute approximate surface area is 159 Å². The van der Waals surface area contributed by atoms with Gasteiger partial charge in [-0.1, -0.05) is 12.1 Å². The first kappa shape index (κ1) is 18.9. The van der Waals surface area contributed by atoms with Crippen LogP contribution in [0.4, 0.5) is 4.39 Å². The van der Waals surface area contributed by atoms with Crippen molar-refractivity contribution >= 4 is 22.6 Å². The zero-order valence-corrected chi connectivity index (χ0v) is 15.1. The zero-order chi connectivity index (χ0) is 20.3. The Morgan fingerprint density at radius 3 is 2.71 bits per heavy atom. The third-order valence-corrected chi connectivity index (χ3v) is 4.14. The molecule has 8 heteroatoms. The molecule has 0 fully saturated rings. The summed E-state index contributed by atoms with van der Waals surface area (Å²) < 4.78 is 25.2. The topological polar surface area (TPSA) is 97.4 Å². The number of rotatable bonds is 5. The van der Waals surface area contributed by atoms with E-state index in [1.165, 1.54) is 19.2 Å². The molecule has 0 aliphatic heterocycles. The van der Waals surface area contributed by atoms with Crippen LogP contribution in [0.1, 0.15) is 16.2 Å². The fourth-order valence-corrected chi connectivity index (χ4v) is 2.70. The van der Waals surface area contributed by atoms with Crippen LogP contribution >= 0.6 is 0 Å². The Morgan fingerprint density at radius 1 is 1.32 bits per heavy atom. The molecule has 3 aromatic rings. The van der Waals surface area contributed by atoms with Gasteiger partial charge in [0.1, 0.15) is 18.2 Å². The van der Waals surface area contributed by atoms with Crippen LogP contribution in [0.5, 0.6) is 5.75 Å². The van der Waals surface area contributed by atoms with Crippen LogP contribution < -0.4 is 4.74 Å². The molecule has 1 N–H and O–H groups in total. The average Bonchev–Trinajstić information content (AvgIpc) is 3.03. The molecule has 0 aliphatic rings. The van der Waals surface area contributed by atoms with Crippen LogP contribution in [-0.4, -0.2) is 34.3 Å². The minimum atomic E-state index is -0.851. The molecular formula is C20H16FN3O4. The maximum absolute atomic E-state index is 13.7. The number of ether oxygens (including phenoxy) is 2. The summed E-state index contributed by atoms with van der Waals surface area (Å²) in [7, 11) is 3.02. The summed E-state index contributed by atoms with van der Waals surface area (Å²) >= 11 is 0. The van der Waals surface area contributed by atoms with Gasteiger partial charge in [-0.05, 0) is 30.3 Å². The number of aromatic nitrogens is 2. The largest absolute Gasteiger partial charge is 0.507 e. The van der Waals surface area contributed by atoms with Gasteiger partial charge in [0.2, 0.25) is 0 Å². The van der Waals surface area contributed by atoms with Crippen molar-refractivity contribution in [2.24, 2.45) is 7.05 Å². The number of methoxy groups -OCH3 is 1. The van der Waals surface area contributed by atoms with Crippen LogP contribution in [-0.2, 0) is 11.8 Å². The van der Waals surface area contributed by atoms with Crippen molar-refractivity contribution in [2.75, 3.05) is 13.7 Å². The number of hydrogen-bond acceptors (Lipinski definition) is 6. The van der Waals surface area contributed by atoms with E-state index in [4.69, 9.17) is 9.47 Å². The number of aliphatic hydroxyl groups is 1. The Bertz CT molecular complexity index is 1130. The number of aryl methyl sites for hydroxylation is 1. The highest BCUT2D eigenvalue weighted by Gasteiger charge is 2.18. The Morgan fingerprint density at radius 2 is 2.07 bits per heavy atom. The quantitative estimate of drug-likeness (QED) is 0.413. The van der Waals surface area contributed by atoms with Gasteiger partial charge < -0.3 is 19.1 Å². The molecular weight excluding hydrogens is 365 g/mol. The van der Waals surface area contributed by atoms with Gasteiger partial charge in [0.15, 0.2) is 23.2 Å². The number of esters is 1. The average molecular weight is 381 g/mol. The molecule has 0 amide bonds. The van der Waals surface area contributed by atoms with Crippen molar-refractivity contribution in [1.29, 1.82) is 5.26 Å². The number of imidazole rings is 1. The Balaban J connectivity index is 1.83. The van der Waals surface area contributed by atoms with E-state index in [1.807, 2.05) is 24.3 Å². The Hall–Kier alpha value is -3.86. The van der Waals surface area contributed by atoms with Gasteiger partial charge in [-0.3, -0.25) is 0 Å². The molecule has 142 valence electrons. The number of para-hydroxylation sites is 2. The van der Waals surface area contributed by atoms with Crippen molar-refractivity contribution in [3.8, 4) is 11.8 Å². The lowest BCUT2D eigenvalue weighted by Gasteiger charge is -2.08. The third-order valence-electron chi connectivity index (χ3n) is 4.14. The van der Waals surface area contributed by atoms with E-state index >= 15 is 0 Å². The number of halogens is 1. The van der Waals surface area contributed by atoms with Crippen LogP contribution in [0.25, 0.3) is 16.6 Å². The number of fused-ring (bicyclic) bond motifs is 1. The molecule has 0 saturated carbocycles. The molecule has 0 aliphatic carbocycles. The fraction of sp³-hybridized carbons (Fsp3) is 0.150. The number of hydrogen-bond donors (Lipinski definition) is 1. The van der Waals surface area contributed by atoms with E-state index in [-0.39, 0.29) is 22.7 Å². The molecule has 0 atom stereocenters. The predicted octanol–water partition coefficient (Wildman–Crippen LogP) is 3.37. The standard InChI is InChI=1S/C20H16FN3O4/c1-24-16-6-4-3-5-15(16)23-19(24)13(10-22)17(25)11-28-20(26)12-7-8-18(27-2)14(21)9-12/h3-9,25H,11H2,1-2H3/b17-13-. The summed E-state index contributed by atoms with van der Waals surface area (Å²) in [5, 5.41) is 19.7. The first-order chi connectivity index (χ1) is 13.5. The first-order valence-electron chi connectivity index (χ1n) is 8.21. The number of nitriles is 1. The van der Waals surface area contributed by atoms with E-state index < -0.39 is 24.2 Å². The van der Waals surface area contributed by atoms with Gasteiger partial charge >= 0.3 is 5.97 Å². The second-order valence-corrected chi connectivity index (χ2v) is 5.84. The summed E-state index contributed by atoms with van der Waals surface area (Å²) in [5.74, 6) is -1.78. The molecule has 1 heterocycles. The van der Waals surface area contributed by atoms with Gasteiger partial charge in [0.25, 0.3) is 0 Å². The van der Waals surface area contributed by atoms with Gasteiger partial charge in [0, 0.05) is 7.05 Å². The summed E-state index contributed by atoms with van der Waals surface area (Å²) in [5.41, 5.74) is 1.27. The number of allylic oxidation sites excluding steroid dienone is 1. The minimum absolute atomic E-state index is 0.00657. The van der Waals surface area contributed by atoms with Gasteiger partial charge in [-0.25, -0.2) is 14.2 Å².